The van der Waals surface area contributed by atoms with Crippen LogP contribution in [0.15, 0.2) is 18.2 Å². The van der Waals surface area contributed by atoms with Gasteiger partial charge in [-0.25, -0.2) is 4.79 Å². The summed E-state index contributed by atoms with van der Waals surface area (Å²) in [5, 5.41) is 21.9. The van der Waals surface area contributed by atoms with Crippen LogP contribution in [0.2, 0.25) is 0 Å². The Bertz CT molecular complexity index is 616. The lowest BCUT2D eigenvalue weighted by Gasteiger charge is -2.29. The van der Waals surface area contributed by atoms with Gasteiger partial charge in [0.05, 0.1) is 11.5 Å². The number of para-hydroxylation sites is 1. The molecule has 2 rings (SSSR count). The number of fused-ring (bicyclic) bond motifs is 1. The summed E-state index contributed by atoms with van der Waals surface area (Å²) in [5.74, 6) is -1.83. The van der Waals surface area contributed by atoms with Crippen molar-refractivity contribution in [2.75, 3.05) is 0 Å². The van der Waals surface area contributed by atoms with Crippen molar-refractivity contribution >= 4 is 30.6 Å². The fourth-order valence-electron chi connectivity index (χ4n) is 2.41. The summed E-state index contributed by atoms with van der Waals surface area (Å²) in [5.41, 5.74) is 0.633. The Hall–Kier alpha value is -1.73. The maximum absolute atomic E-state index is 12.0. The van der Waals surface area contributed by atoms with E-state index in [1.807, 2.05) is 13.8 Å². The number of nitrogens with one attached hydrogen (secondary N) is 1. The highest BCUT2D eigenvalue weighted by molar-refractivity contribution is 6.47. The number of carbonyl (C=O) groups is 2. The van der Waals surface area contributed by atoms with Crippen molar-refractivity contribution in [3.63, 3.8) is 0 Å². The molecule has 0 radical (unpaired) electrons. The zero-order valence-electron chi connectivity index (χ0n) is 13.0. The summed E-state index contributed by atoms with van der Waals surface area (Å²) in [6, 6.07) is 4.74. The molecule has 0 unspecified atom stereocenters. The summed E-state index contributed by atoms with van der Waals surface area (Å²) in [6.45, 7) is 3.65. The largest absolute Gasteiger partial charge is 0.547 e. The van der Waals surface area contributed by atoms with E-state index >= 15 is 0 Å². The molecule has 0 fully saturated rings. The van der Waals surface area contributed by atoms with E-state index < -0.39 is 23.9 Å². The quantitative estimate of drug-likeness (QED) is 0.559. The van der Waals surface area contributed by atoms with Crippen LogP contribution in [0.4, 0.5) is 0 Å². The Morgan fingerprint density at radius 3 is 2.78 bits per heavy atom. The van der Waals surface area contributed by atoms with Crippen LogP contribution in [0.3, 0.4) is 0 Å². The van der Waals surface area contributed by atoms with Gasteiger partial charge in [0.2, 0.25) is 5.91 Å². The Morgan fingerprint density at radius 1 is 1.48 bits per heavy atom. The lowest BCUT2D eigenvalue weighted by molar-refractivity contribution is -0.121. The smallest absolute Gasteiger partial charge is 0.534 e. The van der Waals surface area contributed by atoms with Gasteiger partial charge in [-0.1, -0.05) is 12.1 Å². The number of rotatable bonds is 5. The molecule has 0 spiro atoms. The number of amides is 1. The van der Waals surface area contributed by atoms with Crippen molar-refractivity contribution in [1.29, 1.82) is 0 Å². The zero-order chi connectivity index (χ0) is 17.2. The Kier molecular flexibility index (Phi) is 5.21. The second-order valence-electron chi connectivity index (χ2n) is 6.20. The summed E-state index contributed by atoms with van der Waals surface area (Å²) >= 11 is 6.05. The molecule has 0 saturated heterocycles. The molecule has 124 valence electrons. The highest BCUT2D eigenvalue weighted by Crippen LogP contribution is 2.30. The number of hydrogen-bond acceptors (Lipinski definition) is 4. The van der Waals surface area contributed by atoms with E-state index in [1.165, 1.54) is 6.07 Å². The minimum Gasteiger partial charge on any atom is -0.534 e. The Balaban J connectivity index is 2.06. The van der Waals surface area contributed by atoms with Gasteiger partial charge in [0.15, 0.2) is 0 Å². The van der Waals surface area contributed by atoms with Gasteiger partial charge in [-0.2, -0.15) is 0 Å². The molecule has 1 atom stereocenters. The molecule has 1 aromatic rings. The minimum absolute atomic E-state index is 0.00443. The molecule has 1 aliphatic heterocycles. The number of benzene rings is 1. The molecule has 1 amide bonds. The predicted molar refractivity (Wildman–Crippen MR) is 86.8 cm³/mol. The second-order valence-corrected chi connectivity index (χ2v) is 7.23. The molecule has 1 aliphatic rings. The fraction of sp³-hybridized carbons (Fsp3) is 0.467. The van der Waals surface area contributed by atoms with Crippen LogP contribution in [0.5, 0.6) is 5.75 Å². The predicted octanol–water partition coefficient (Wildman–Crippen LogP) is 1.62. The average molecular weight is 340 g/mol. The molecule has 1 heterocycles. The molecule has 23 heavy (non-hydrogen) atoms. The Morgan fingerprint density at radius 2 is 2.17 bits per heavy atom. The summed E-state index contributed by atoms with van der Waals surface area (Å²) in [7, 11) is -1.30. The monoisotopic (exact) mass is 339 g/mol. The first kappa shape index (κ1) is 17.6. The number of alkyl halides is 1. The molecule has 0 aliphatic carbocycles. The van der Waals surface area contributed by atoms with E-state index in [4.69, 9.17) is 21.4 Å². The van der Waals surface area contributed by atoms with Crippen LogP contribution < -0.4 is 9.97 Å². The molecule has 6 nitrogen and oxygen atoms in total. The van der Waals surface area contributed by atoms with Crippen molar-refractivity contribution in [1.82, 2.24) is 5.32 Å². The standard InChI is InChI=1S/C15H19BClNO5/c1-15(2,17)7-6-12(19)18-11-8-9-4-3-5-10(14(20)21)13(9)23-16(11)22/h3-5,11,22H,6-8H2,1-2H3,(H,18,19)(H,20,21)/t11-/m0/s1. The van der Waals surface area contributed by atoms with E-state index in [-0.39, 0.29) is 23.6 Å². The molecule has 1 aromatic carbocycles. The fourth-order valence-corrected chi connectivity index (χ4v) is 2.50. The number of aromatic carboxylic acids is 1. The molecule has 8 heteroatoms. The maximum atomic E-state index is 12.0. The van der Waals surface area contributed by atoms with Gasteiger partial charge in [0.1, 0.15) is 5.75 Å². The van der Waals surface area contributed by atoms with E-state index in [1.54, 1.807) is 12.1 Å². The molecule has 0 saturated carbocycles. The number of halogens is 1. The maximum Gasteiger partial charge on any atom is 0.547 e. The van der Waals surface area contributed by atoms with Crippen molar-refractivity contribution in [3.8, 4) is 5.75 Å². The molecular formula is C15H19BClNO5. The molecular weight excluding hydrogens is 320 g/mol. The third-order valence-electron chi connectivity index (χ3n) is 3.64. The van der Waals surface area contributed by atoms with Crippen molar-refractivity contribution in [2.24, 2.45) is 0 Å². The van der Waals surface area contributed by atoms with Crippen LogP contribution in [0, 0.1) is 0 Å². The highest BCUT2D eigenvalue weighted by atomic mass is 35.5. The molecule has 3 N–H and O–H groups in total. The van der Waals surface area contributed by atoms with Gasteiger partial charge >= 0.3 is 13.1 Å². The number of carboxylic acid groups (broad SMARTS) is 1. The lowest BCUT2D eigenvalue weighted by atomic mass is 9.72. The lowest BCUT2D eigenvalue weighted by Crippen LogP contribution is -2.53. The number of carboxylic acids is 1. The van der Waals surface area contributed by atoms with Gasteiger partial charge in [-0.05, 0) is 38.3 Å². The van der Waals surface area contributed by atoms with Gasteiger partial charge in [-0.15, -0.1) is 11.6 Å². The van der Waals surface area contributed by atoms with E-state index in [0.717, 1.165) is 0 Å². The number of hydrogen-bond donors (Lipinski definition) is 3. The van der Waals surface area contributed by atoms with E-state index in [9.17, 15) is 14.6 Å². The van der Waals surface area contributed by atoms with Crippen LogP contribution in [0.1, 0.15) is 42.6 Å². The molecule has 0 aromatic heterocycles. The number of carbonyl (C=O) groups excluding carboxylic acids is 1. The van der Waals surface area contributed by atoms with Gasteiger partial charge in [0, 0.05) is 11.3 Å². The van der Waals surface area contributed by atoms with E-state index in [2.05, 4.69) is 5.32 Å². The van der Waals surface area contributed by atoms with Crippen molar-refractivity contribution < 1.29 is 24.4 Å². The minimum atomic E-state index is -1.30. The summed E-state index contributed by atoms with van der Waals surface area (Å²) in [6.07, 6.45) is 1.04. The van der Waals surface area contributed by atoms with Crippen LogP contribution >= 0.6 is 11.6 Å². The summed E-state index contributed by atoms with van der Waals surface area (Å²) < 4.78 is 5.32. The Labute approximate surface area is 139 Å². The first-order valence-corrected chi connectivity index (χ1v) is 7.73. The van der Waals surface area contributed by atoms with Gasteiger partial charge < -0.3 is 20.1 Å². The second kappa shape index (κ2) is 6.80. The van der Waals surface area contributed by atoms with E-state index in [0.29, 0.717) is 18.4 Å². The van der Waals surface area contributed by atoms with Gasteiger partial charge in [-0.3, -0.25) is 4.79 Å². The summed E-state index contributed by atoms with van der Waals surface area (Å²) in [4.78, 5) is 22.7. The first-order chi connectivity index (χ1) is 10.7. The molecule has 0 bridgehead atoms. The van der Waals surface area contributed by atoms with Crippen molar-refractivity contribution in [2.45, 2.75) is 43.9 Å². The van der Waals surface area contributed by atoms with Crippen LogP contribution in [-0.2, 0) is 11.2 Å². The SMILES string of the molecule is CC(C)(Cl)CCC(=O)N[C@H]1Cc2cccc(C(=O)O)c2OB1O. The first-order valence-electron chi connectivity index (χ1n) is 7.35. The normalized spacial score (nSPS) is 17.2. The highest BCUT2D eigenvalue weighted by Gasteiger charge is 2.37. The van der Waals surface area contributed by atoms with Crippen molar-refractivity contribution in [3.05, 3.63) is 29.3 Å². The zero-order valence-corrected chi connectivity index (χ0v) is 13.8. The third-order valence-corrected chi connectivity index (χ3v) is 3.83. The average Bonchev–Trinajstić information content (AvgIpc) is 2.44. The topological polar surface area (TPSA) is 95.9 Å². The third kappa shape index (κ3) is 4.62. The van der Waals surface area contributed by atoms with Gasteiger partial charge in [0.25, 0.3) is 0 Å². The van der Waals surface area contributed by atoms with Crippen LogP contribution in [-0.4, -0.2) is 39.9 Å². The van der Waals surface area contributed by atoms with Crippen LogP contribution in [0.25, 0.3) is 0 Å².